The number of aliphatic hydroxyl groups excluding tert-OH is 4. The minimum atomic E-state index is -1.84. The molecule has 1 saturated heterocycles. The second kappa shape index (κ2) is 9.60. The predicted molar refractivity (Wildman–Crippen MR) is 107 cm³/mol. The largest absolute Gasteiger partial charge is 0.508 e. The average molecular weight is 466 g/mol. The topological polar surface area (TPSA) is 214 Å². The van der Waals surface area contributed by atoms with Gasteiger partial charge in [0.25, 0.3) is 0 Å². The molecule has 1 heterocycles. The lowest BCUT2D eigenvalue weighted by Gasteiger charge is -2.39. The summed E-state index contributed by atoms with van der Waals surface area (Å²) in [7, 11) is 0. The quantitative estimate of drug-likeness (QED) is 0.142. The predicted octanol–water partition coefficient (Wildman–Crippen LogP) is -0.857. The van der Waals surface area contributed by atoms with E-state index in [9.17, 15) is 50.4 Å². The molecule has 0 aromatic heterocycles. The fraction of sp³-hybridized carbons (Fsp3) is 0.333. The Morgan fingerprint density at radius 2 is 1.55 bits per heavy atom. The van der Waals surface area contributed by atoms with E-state index < -0.39 is 89.6 Å². The standard InChI is InChI=1S/C21H22O12/c22-7-16-18(29)19(30)20(31)21(33-16)32-15-5-9(23)4-13(27)17(15)14(28)6-11(25)8-1-2-10(24)12(26)3-8/h1-5,16,18-24,26-27,29-31H,6-7H2. The molecule has 0 bridgehead atoms. The zero-order valence-electron chi connectivity index (χ0n) is 16.9. The van der Waals surface area contributed by atoms with Crippen LogP contribution in [-0.2, 0) is 4.74 Å². The second-order valence-electron chi connectivity index (χ2n) is 7.38. The third-order valence-corrected chi connectivity index (χ3v) is 5.06. The van der Waals surface area contributed by atoms with E-state index in [-0.39, 0.29) is 5.56 Å². The number of ether oxygens (including phenoxy) is 2. The van der Waals surface area contributed by atoms with Crippen molar-refractivity contribution in [3.63, 3.8) is 0 Å². The molecule has 12 nitrogen and oxygen atoms in total. The van der Waals surface area contributed by atoms with E-state index in [4.69, 9.17) is 9.47 Å². The van der Waals surface area contributed by atoms with Crippen LogP contribution in [0.5, 0.6) is 28.7 Å². The molecule has 0 aliphatic carbocycles. The normalized spacial score (nSPS) is 24.9. The molecule has 8 N–H and O–H groups in total. The van der Waals surface area contributed by atoms with Gasteiger partial charge in [-0.25, -0.2) is 0 Å². The van der Waals surface area contributed by atoms with Crippen LogP contribution in [0, 0.1) is 0 Å². The SMILES string of the molecule is O=C(CC(=O)c1c(O)cc(O)cc1OC1OC(CO)C(O)C(O)C1O)c1ccc(O)c(O)c1. The molecule has 3 rings (SSSR count). The van der Waals surface area contributed by atoms with Crippen LogP contribution in [-0.4, -0.2) is 89.7 Å². The molecule has 1 fully saturated rings. The van der Waals surface area contributed by atoms with Gasteiger partial charge in [0.2, 0.25) is 6.29 Å². The van der Waals surface area contributed by atoms with Gasteiger partial charge >= 0.3 is 0 Å². The number of carbonyl (C=O) groups excluding carboxylic acids is 2. The van der Waals surface area contributed by atoms with Gasteiger partial charge in [0.1, 0.15) is 47.2 Å². The van der Waals surface area contributed by atoms with Crippen molar-refractivity contribution in [2.45, 2.75) is 37.1 Å². The summed E-state index contributed by atoms with van der Waals surface area (Å²) in [5.74, 6) is -4.61. The summed E-state index contributed by atoms with van der Waals surface area (Å²) in [5, 5.41) is 78.1. The van der Waals surface area contributed by atoms with Crippen molar-refractivity contribution < 1.29 is 59.9 Å². The first-order valence-corrected chi connectivity index (χ1v) is 9.65. The lowest BCUT2D eigenvalue weighted by molar-refractivity contribution is -0.277. The molecule has 12 heteroatoms. The van der Waals surface area contributed by atoms with Crippen molar-refractivity contribution >= 4 is 11.6 Å². The smallest absolute Gasteiger partial charge is 0.229 e. The van der Waals surface area contributed by atoms with Gasteiger partial charge in [-0.15, -0.1) is 0 Å². The number of carbonyl (C=O) groups is 2. The van der Waals surface area contributed by atoms with Crippen LogP contribution in [0.15, 0.2) is 30.3 Å². The zero-order chi connectivity index (χ0) is 24.4. The summed E-state index contributed by atoms with van der Waals surface area (Å²) in [4.78, 5) is 25.3. The van der Waals surface area contributed by atoms with Gasteiger partial charge < -0.3 is 50.3 Å². The highest BCUT2D eigenvalue weighted by atomic mass is 16.7. The van der Waals surface area contributed by atoms with Crippen molar-refractivity contribution in [1.82, 2.24) is 0 Å². The number of phenolic OH excluding ortho intramolecular Hbond substituents is 4. The Labute approximate surface area is 186 Å². The molecule has 0 amide bonds. The zero-order valence-corrected chi connectivity index (χ0v) is 16.9. The highest BCUT2D eigenvalue weighted by molar-refractivity contribution is 6.15. The average Bonchev–Trinajstić information content (AvgIpc) is 2.75. The first-order chi connectivity index (χ1) is 15.5. The maximum absolute atomic E-state index is 12.8. The van der Waals surface area contributed by atoms with Crippen molar-refractivity contribution in [2.75, 3.05) is 6.61 Å². The van der Waals surface area contributed by atoms with Gasteiger partial charge in [-0.1, -0.05) is 0 Å². The van der Waals surface area contributed by atoms with E-state index in [0.717, 1.165) is 24.3 Å². The van der Waals surface area contributed by atoms with Crippen LogP contribution in [0.3, 0.4) is 0 Å². The molecule has 0 spiro atoms. The Morgan fingerprint density at radius 1 is 0.848 bits per heavy atom. The van der Waals surface area contributed by atoms with Crippen LogP contribution in [0.25, 0.3) is 0 Å². The Bertz CT molecular complexity index is 1050. The van der Waals surface area contributed by atoms with Gasteiger partial charge in [0, 0.05) is 17.7 Å². The highest BCUT2D eigenvalue weighted by Gasteiger charge is 2.45. The Morgan fingerprint density at radius 3 is 2.18 bits per heavy atom. The van der Waals surface area contributed by atoms with E-state index in [2.05, 4.69) is 0 Å². The van der Waals surface area contributed by atoms with Crippen molar-refractivity contribution in [3.05, 3.63) is 41.5 Å². The fourth-order valence-electron chi connectivity index (χ4n) is 3.28. The van der Waals surface area contributed by atoms with Crippen molar-refractivity contribution in [2.24, 2.45) is 0 Å². The Balaban J connectivity index is 1.88. The van der Waals surface area contributed by atoms with Crippen molar-refractivity contribution in [1.29, 1.82) is 0 Å². The van der Waals surface area contributed by atoms with Crippen LogP contribution in [0.2, 0.25) is 0 Å². The number of Topliss-reactive ketones (excluding diaryl/α,β-unsaturated/α-hetero) is 2. The molecular weight excluding hydrogens is 444 g/mol. The summed E-state index contributed by atoms with van der Waals surface area (Å²) < 4.78 is 10.6. The van der Waals surface area contributed by atoms with Gasteiger partial charge in [-0.3, -0.25) is 9.59 Å². The molecular formula is C21H22O12. The number of ketones is 2. The number of hydrogen-bond donors (Lipinski definition) is 8. The minimum absolute atomic E-state index is 0.103. The van der Waals surface area contributed by atoms with E-state index in [1.54, 1.807) is 0 Å². The molecule has 0 radical (unpaired) electrons. The Kier molecular flexibility index (Phi) is 7.05. The lowest BCUT2D eigenvalue weighted by Crippen LogP contribution is -2.60. The number of rotatable bonds is 7. The third-order valence-electron chi connectivity index (χ3n) is 5.06. The Hall–Kier alpha value is -3.42. The maximum Gasteiger partial charge on any atom is 0.229 e. The summed E-state index contributed by atoms with van der Waals surface area (Å²) in [5.41, 5.74) is -0.658. The summed E-state index contributed by atoms with van der Waals surface area (Å²) >= 11 is 0. The second-order valence-corrected chi connectivity index (χ2v) is 7.38. The summed E-state index contributed by atoms with van der Waals surface area (Å²) in [6.45, 7) is -0.740. The fourth-order valence-corrected chi connectivity index (χ4v) is 3.28. The number of aromatic hydroxyl groups is 4. The highest BCUT2D eigenvalue weighted by Crippen LogP contribution is 2.36. The van der Waals surface area contributed by atoms with Crippen LogP contribution in [0.1, 0.15) is 27.1 Å². The van der Waals surface area contributed by atoms with Crippen LogP contribution >= 0.6 is 0 Å². The lowest BCUT2D eigenvalue weighted by atomic mass is 9.98. The van der Waals surface area contributed by atoms with E-state index >= 15 is 0 Å². The van der Waals surface area contributed by atoms with E-state index in [0.29, 0.717) is 0 Å². The van der Waals surface area contributed by atoms with Gasteiger partial charge in [-0.05, 0) is 18.2 Å². The molecule has 1 aliphatic rings. The van der Waals surface area contributed by atoms with E-state index in [1.807, 2.05) is 0 Å². The molecule has 2 aromatic carbocycles. The number of aliphatic hydroxyl groups is 4. The molecule has 178 valence electrons. The molecule has 33 heavy (non-hydrogen) atoms. The first-order valence-electron chi connectivity index (χ1n) is 9.65. The van der Waals surface area contributed by atoms with Crippen LogP contribution < -0.4 is 4.74 Å². The van der Waals surface area contributed by atoms with E-state index in [1.165, 1.54) is 6.07 Å². The minimum Gasteiger partial charge on any atom is -0.508 e. The van der Waals surface area contributed by atoms with Gasteiger partial charge in [0.15, 0.2) is 23.1 Å². The summed E-state index contributed by atoms with van der Waals surface area (Å²) in [6, 6.07) is 4.88. The number of phenols is 4. The van der Waals surface area contributed by atoms with Crippen LogP contribution in [0.4, 0.5) is 0 Å². The van der Waals surface area contributed by atoms with Gasteiger partial charge in [0.05, 0.1) is 13.0 Å². The van der Waals surface area contributed by atoms with Crippen molar-refractivity contribution in [3.8, 4) is 28.7 Å². The molecule has 5 unspecified atom stereocenters. The van der Waals surface area contributed by atoms with Gasteiger partial charge in [-0.2, -0.15) is 0 Å². The molecule has 1 aliphatic heterocycles. The molecule has 0 saturated carbocycles. The third kappa shape index (κ3) is 4.99. The monoisotopic (exact) mass is 466 g/mol. The number of benzene rings is 2. The first kappa shape index (κ1) is 24.2. The summed E-state index contributed by atoms with van der Waals surface area (Å²) in [6.07, 6.45) is -9.14. The maximum atomic E-state index is 12.8. The molecule has 5 atom stereocenters. The number of hydrogen-bond acceptors (Lipinski definition) is 12. The molecule has 2 aromatic rings.